The van der Waals surface area contributed by atoms with Crippen LogP contribution >= 0.6 is 0 Å². The second kappa shape index (κ2) is 11.5. The highest BCUT2D eigenvalue weighted by molar-refractivity contribution is 6.00. The number of nitrogens with zero attached hydrogens (tertiary/aromatic N) is 4. The molecule has 6 rings (SSSR count). The smallest absolute Gasteiger partial charge is 0.127 e. The number of pyridine rings is 2. The molecular weight excluding hydrogens is 517 g/mol. The van der Waals surface area contributed by atoms with Crippen molar-refractivity contribution in [3.63, 3.8) is 0 Å². The summed E-state index contributed by atoms with van der Waals surface area (Å²) in [5, 5.41) is 13.0. The minimum atomic E-state index is -0.369. The average Bonchev–Trinajstić information content (AvgIpc) is 3.59. The molecule has 2 aromatic carbocycles. The van der Waals surface area contributed by atoms with Crippen LogP contribution in [0.25, 0.3) is 55.6 Å². The lowest BCUT2D eigenvalue weighted by Crippen LogP contribution is -2.19. The highest BCUT2D eigenvalue weighted by atomic mass is 19.1. The number of H-pyrrole nitrogens is 2. The van der Waals surface area contributed by atoms with Gasteiger partial charge in [-0.15, -0.1) is 0 Å². The predicted octanol–water partition coefficient (Wildman–Crippen LogP) is 6.02. The number of nitrogens with one attached hydrogen (secondary N) is 3. The van der Waals surface area contributed by atoms with Crippen molar-refractivity contribution in [1.29, 1.82) is 0 Å². The summed E-state index contributed by atoms with van der Waals surface area (Å²) < 4.78 is 20.4. The first-order valence-corrected chi connectivity index (χ1v) is 13.7. The molecule has 0 bridgehead atoms. The maximum Gasteiger partial charge on any atom is 0.127 e. The normalized spacial score (nSPS) is 11.6. The maximum absolute atomic E-state index is 14.6. The van der Waals surface area contributed by atoms with E-state index in [9.17, 15) is 4.39 Å². The summed E-state index contributed by atoms with van der Waals surface area (Å²) in [6.07, 6.45) is 5.50. The summed E-state index contributed by atoms with van der Waals surface area (Å²) in [6.45, 7) is 4.97. The van der Waals surface area contributed by atoms with Crippen LogP contribution in [0.4, 0.5) is 4.39 Å². The molecule has 0 saturated carbocycles. The van der Waals surface area contributed by atoms with Crippen molar-refractivity contribution in [3.8, 4) is 39.5 Å². The van der Waals surface area contributed by atoms with E-state index in [0.29, 0.717) is 23.6 Å². The molecule has 8 nitrogen and oxygen atoms in total. The lowest BCUT2D eigenvalue weighted by molar-refractivity contribution is 0.260. The van der Waals surface area contributed by atoms with Gasteiger partial charge in [0.15, 0.2) is 0 Å². The minimum Gasteiger partial charge on any atom is -0.492 e. The Bertz CT molecular complexity index is 1820. The number of benzene rings is 2. The van der Waals surface area contributed by atoms with Crippen LogP contribution in [0.1, 0.15) is 12.5 Å². The molecule has 0 aliphatic carbocycles. The molecule has 0 unspecified atom stereocenters. The van der Waals surface area contributed by atoms with Crippen molar-refractivity contribution < 1.29 is 9.13 Å². The first kappa shape index (κ1) is 26.6. The molecule has 6 aromatic rings. The summed E-state index contributed by atoms with van der Waals surface area (Å²) in [4.78, 5) is 14.6. The van der Waals surface area contributed by atoms with E-state index in [0.717, 1.165) is 69.5 Å². The van der Waals surface area contributed by atoms with Gasteiger partial charge in [-0.05, 0) is 74.2 Å². The maximum atomic E-state index is 14.6. The molecule has 208 valence electrons. The molecule has 0 aliphatic heterocycles. The number of fused-ring (bicyclic) bond motifs is 2. The second-order valence-corrected chi connectivity index (χ2v) is 10.3. The van der Waals surface area contributed by atoms with E-state index in [1.54, 1.807) is 6.20 Å². The summed E-state index contributed by atoms with van der Waals surface area (Å²) >= 11 is 0. The van der Waals surface area contributed by atoms with Gasteiger partial charge in [-0.3, -0.25) is 15.1 Å². The van der Waals surface area contributed by atoms with E-state index < -0.39 is 0 Å². The number of halogens is 1. The fourth-order valence-electron chi connectivity index (χ4n) is 4.95. The Kier molecular flexibility index (Phi) is 7.45. The van der Waals surface area contributed by atoms with E-state index in [2.05, 4.69) is 55.6 Å². The first-order chi connectivity index (χ1) is 20.0. The number of aromatic nitrogens is 5. The molecular formula is C32H32FN7O. The third kappa shape index (κ3) is 5.68. The standard InChI is InChI=1S/C32H32FN7O/c1-4-34-17-20-11-23(19-35-18-20)21-5-6-29-26(14-21)32(39-38-29)30-16-27-28(37-30)7-8-36-31(27)22-12-24(33)15-25(13-22)41-10-9-40(2)3/h5-8,11-16,18-19,34,37H,4,9-10,17H2,1-3H3,(H,38,39). The fraction of sp³-hybridized carbons (Fsp3) is 0.219. The van der Waals surface area contributed by atoms with Gasteiger partial charge in [0.2, 0.25) is 0 Å². The molecule has 4 aromatic heterocycles. The van der Waals surface area contributed by atoms with E-state index in [-0.39, 0.29) is 5.82 Å². The molecule has 0 spiro atoms. The van der Waals surface area contributed by atoms with Crippen LogP contribution in [-0.4, -0.2) is 63.8 Å². The van der Waals surface area contributed by atoms with Crippen molar-refractivity contribution in [2.45, 2.75) is 13.5 Å². The molecule has 4 heterocycles. The van der Waals surface area contributed by atoms with Gasteiger partial charge in [0, 0.05) is 65.2 Å². The predicted molar refractivity (Wildman–Crippen MR) is 161 cm³/mol. The zero-order chi connectivity index (χ0) is 28.3. The summed E-state index contributed by atoms with van der Waals surface area (Å²) in [5.41, 5.74) is 8.03. The number of rotatable bonds is 10. The van der Waals surface area contributed by atoms with Crippen molar-refractivity contribution in [2.24, 2.45) is 0 Å². The van der Waals surface area contributed by atoms with Crippen molar-refractivity contribution in [2.75, 3.05) is 33.8 Å². The van der Waals surface area contributed by atoms with Crippen molar-refractivity contribution in [1.82, 2.24) is 35.4 Å². The number of aromatic amines is 2. The molecule has 0 aliphatic rings. The van der Waals surface area contributed by atoms with E-state index in [1.165, 1.54) is 12.1 Å². The number of hydrogen-bond donors (Lipinski definition) is 3. The Labute approximate surface area is 237 Å². The third-order valence-corrected chi connectivity index (χ3v) is 7.03. The Hall–Kier alpha value is -4.60. The van der Waals surface area contributed by atoms with Crippen LogP contribution in [0.2, 0.25) is 0 Å². The fourth-order valence-corrected chi connectivity index (χ4v) is 4.95. The van der Waals surface area contributed by atoms with Crippen molar-refractivity contribution >= 4 is 21.8 Å². The van der Waals surface area contributed by atoms with Crippen LogP contribution in [-0.2, 0) is 6.54 Å². The molecule has 3 N–H and O–H groups in total. The summed E-state index contributed by atoms with van der Waals surface area (Å²) in [6, 6.07) is 17.1. The van der Waals surface area contributed by atoms with Crippen LogP contribution in [0, 0.1) is 5.82 Å². The molecule has 41 heavy (non-hydrogen) atoms. The second-order valence-electron chi connectivity index (χ2n) is 10.3. The molecule has 0 atom stereocenters. The van der Waals surface area contributed by atoms with E-state index in [1.807, 2.05) is 55.7 Å². The van der Waals surface area contributed by atoms with Gasteiger partial charge in [-0.1, -0.05) is 13.0 Å². The highest BCUT2D eigenvalue weighted by Gasteiger charge is 2.16. The molecule has 9 heteroatoms. The molecule has 0 radical (unpaired) electrons. The summed E-state index contributed by atoms with van der Waals surface area (Å²) in [5.74, 6) is 0.109. The van der Waals surface area contributed by atoms with Gasteiger partial charge in [0.05, 0.1) is 16.9 Å². The number of likely N-dealkylation sites (N-methyl/N-ethyl adjacent to an activating group) is 1. The third-order valence-electron chi connectivity index (χ3n) is 7.03. The van der Waals surface area contributed by atoms with E-state index in [4.69, 9.17) is 4.74 Å². The Morgan fingerprint density at radius 2 is 1.78 bits per heavy atom. The quantitative estimate of drug-likeness (QED) is 0.193. The number of ether oxygens (including phenoxy) is 1. The SMILES string of the molecule is CCNCc1cncc(-c2ccc3[nH]nc(-c4cc5c(-c6cc(F)cc(OCCN(C)C)c6)nccc5[nH]4)c3c2)c1. The first-order valence-electron chi connectivity index (χ1n) is 13.7. The Morgan fingerprint density at radius 1 is 0.902 bits per heavy atom. The average molecular weight is 550 g/mol. The Morgan fingerprint density at radius 3 is 2.63 bits per heavy atom. The zero-order valence-corrected chi connectivity index (χ0v) is 23.3. The van der Waals surface area contributed by atoms with Crippen LogP contribution in [0.5, 0.6) is 5.75 Å². The van der Waals surface area contributed by atoms with Gasteiger partial charge in [0.25, 0.3) is 0 Å². The topological polar surface area (TPSA) is 94.8 Å². The lowest BCUT2D eigenvalue weighted by atomic mass is 10.0. The van der Waals surface area contributed by atoms with Gasteiger partial charge < -0.3 is 19.9 Å². The van der Waals surface area contributed by atoms with Gasteiger partial charge >= 0.3 is 0 Å². The highest BCUT2D eigenvalue weighted by Crippen LogP contribution is 2.35. The Balaban J connectivity index is 1.37. The summed E-state index contributed by atoms with van der Waals surface area (Å²) in [7, 11) is 3.94. The zero-order valence-electron chi connectivity index (χ0n) is 23.3. The van der Waals surface area contributed by atoms with Gasteiger partial charge in [-0.2, -0.15) is 5.10 Å². The van der Waals surface area contributed by atoms with Gasteiger partial charge in [-0.25, -0.2) is 4.39 Å². The van der Waals surface area contributed by atoms with Crippen molar-refractivity contribution in [3.05, 3.63) is 84.6 Å². The van der Waals surface area contributed by atoms with Crippen LogP contribution < -0.4 is 10.1 Å². The monoisotopic (exact) mass is 549 g/mol. The van der Waals surface area contributed by atoms with E-state index >= 15 is 0 Å². The molecule has 0 saturated heterocycles. The molecule has 0 amide bonds. The molecule has 0 fully saturated rings. The van der Waals surface area contributed by atoms with Crippen LogP contribution in [0.15, 0.2) is 73.2 Å². The van der Waals surface area contributed by atoms with Crippen LogP contribution in [0.3, 0.4) is 0 Å². The lowest BCUT2D eigenvalue weighted by Gasteiger charge is -2.12. The number of hydrogen-bond acceptors (Lipinski definition) is 6. The largest absolute Gasteiger partial charge is 0.492 e. The van der Waals surface area contributed by atoms with Gasteiger partial charge in [0.1, 0.15) is 23.9 Å². The minimum absolute atomic E-state index is 0.369.